The molecule has 0 saturated carbocycles. The van der Waals surface area contributed by atoms with Gasteiger partial charge in [-0.05, 0) is 6.07 Å². The van der Waals surface area contributed by atoms with Gasteiger partial charge in [0.2, 0.25) is 5.27 Å². The minimum absolute atomic E-state index is 0.137. The lowest BCUT2D eigenvalue weighted by Gasteiger charge is -1.93. The highest BCUT2D eigenvalue weighted by molar-refractivity contribution is 6.34. The van der Waals surface area contributed by atoms with Gasteiger partial charge in [0.15, 0.2) is 5.02 Å². The highest BCUT2D eigenvalue weighted by Crippen LogP contribution is 2.26. The van der Waals surface area contributed by atoms with Crippen LogP contribution in [0.5, 0.6) is 0 Å². The number of H-pyrrole nitrogens is 1. The molecule has 0 bridgehead atoms. The van der Waals surface area contributed by atoms with Crippen molar-refractivity contribution in [2.45, 2.75) is 0 Å². The quantitative estimate of drug-likeness (QED) is 0.461. The van der Waals surface area contributed by atoms with Gasteiger partial charge >= 0.3 is 5.76 Å². The third kappa shape index (κ3) is 1.65. The molecule has 0 aliphatic heterocycles. The second kappa shape index (κ2) is 3.74. The Hall–Kier alpha value is -2.22. The van der Waals surface area contributed by atoms with Crippen LogP contribution in [0.4, 0.5) is 5.69 Å². The summed E-state index contributed by atoms with van der Waals surface area (Å²) in [6, 6.07) is 4.11. The lowest BCUT2D eigenvalue weighted by molar-refractivity contribution is -0.725. The van der Waals surface area contributed by atoms with E-state index in [1.807, 2.05) is 0 Å². The molecule has 1 aromatic heterocycles. The van der Waals surface area contributed by atoms with Gasteiger partial charge in [-0.25, -0.2) is 9.32 Å². The molecular weight excluding hydrogens is 240 g/mol. The molecule has 0 fully saturated rings. The smallest absolute Gasteiger partial charge is 0.258 e. The van der Waals surface area contributed by atoms with E-state index in [1.54, 1.807) is 0 Å². The van der Waals surface area contributed by atoms with Crippen molar-refractivity contribution in [3.05, 3.63) is 43.9 Å². The van der Waals surface area contributed by atoms with Crippen LogP contribution in [0.3, 0.4) is 0 Å². The van der Waals surface area contributed by atoms with Gasteiger partial charge in [0, 0.05) is 12.1 Å². The molecule has 0 amide bonds. The third-order valence-electron chi connectivity index (χ3n) is 1.79. The fourth-order valence-corrected chi connectivity index (χ4v) is 1.40. The van der Waals surface area contributed by atoms with Crippen LogP contribution in [0.2, 0.25) is 5.02 Å². The number of halogens is 1. The minimum atomic E-state index is -0.789. The minimum Gasteiger partial charge on any atom is -0.258 e. The summed E-state index contributed by atoms with van der Waals surface area (Å²) >= 11 is 5.78. The zero-order valence-corrected chi connectivity index (χ0v) is 8.34. The molecule has 0 aliphatic carbocycles. The van der Waals surface area contributed by atoms with E-state index in [0.717, 1.165) is 4.80 Å². The third-order valence-corrected chi connectivity index (χ3v) is 2.17. The van der Waals surface area contributed by atoms with Crippen molar-refractivity contribution >= 4 is 17.3 Å². The Labute approximate surface area is 92.2 Å². The van der Waals surface area contributed by atoms with Crippen LogP contribution >= 0.6 is 11.6 Å². The maximum atomic E-state index is 10.7. The van der Waals surface area contributed by atoms with Crippen LogP contribution in [0, 0.1) is 10.1 Å². The average Bonchev–Trinajstić information content (AvgIpc) is 2.64. The number of nitrogens with zero attached hydrogens (tertiary/aromatic N) is 3. The Balaban J connectivity index is 2.62. The van der Waals surface area contributed by atoms with E-state index in [0.29, 0.717) is 0 Å². The van der Waals surface area contributed by atoms with Crippen molar-refractivity contribution in [2.24, 2.45) is 0 Å². The van der Waals surface area contributed by atoms with Gasteiger partial charge in [0.05, 0.1) is 9.72 Å². The van der Waals surface area contributed by atoms with Gasteiger partial charge in [-0.1, -0.05) is 16.7 Å². The molecule has 16 heavy (non-hydrogen) atoms. The van der Waals surface area contributed by atoms with E-state index in [1.165, 1.54) is 18.2 Å². The molecule has 0 aliphatic rings. The molecule has 0 saturated heterocycles. The normalized spacial score (nSPS) is 10.3. The predicted molar refractivity (Wildman–Crippen MR) is 50.3 cm³/mol. The number of aromatic amines is 1. The fraction of sp³-hybridized carbons (Fsp3) is 0. The summed E-state index contributed by atoms with van der Waals surface area (Å²) in [6.45, 7) is 0. The molecule has 82 valence electrons. The number of aromatic nitrogens is 3. The van der Waals surface area contributed by atoms with E-state index in [2.05, 4.69) is 14.9 Å². The molecule has 0 spiro atoms. The van der Waals surface area contributed by atoms with Crippen molar-refractivity contribution in [3.63, 3.8) is 0 Å². The number of nitro groups is 1. The highest BCUT2D eigenvalue weighted by atomic mass is 35.5. The second-order valence-electron chi connectivity index (χ2n) is 2.75. The SMILES string of the molecule is O=c1[nH][n+](-c2cccc([N+](=O)[O-])c2Cl)no1. The number of hydrogen-bond acceptors (Lipinski definition) is 5. The number of rotatable bonds is 2. The van der Waals surface area contributed by atoms with Gasteiger partial charge in [0.25, 0.3) is 11.4 Å². The molecule has 0 unspecified atom stereocenters. The van der Waals surface area contributed by atoms with Crippen LogP contribution in [0.15, 0.2) is 27.5 Å². The Kier molecular flexibility index (Phi) is 2.41. The van der Waals surface area contributed by atoms with Gasteiger partial charge in [-0.2, -0.15) is 0 Å². The Morgan fingerprint density at radius 2 is 2.31 bits per heavy atom. The summed E-state index contributed by atoms with van der Waals surface area (Å²) in [4.78, 5) is 21.6. The lowest BCUT2D eigenvalue weighted by atomic mass is 10.3. The predicted octanol–water partition coefficient (Wildman–Crippen LogP) is 0.201. The summed E-state index contributed by atoms with van der Waals surface area (Å²) in [6.07, 6.45) is 0. The van der Waals surface area contributed by atoms with Crippen LogP contribution < -0.4 is 10.6 Å². The molecule has 0 atom stereocenters. The summed E-state index contributed by atoms with van der Waals surface area (Å²) in [7, 11) is 0. The molecule has 1 heterocycles. The van der Waals surface area contributed by atoms with E-state index in [9.17, 15) is 14.9 Å². The van der Waals surface area contributed by atoms with E-state index in [4.69, 9.17) is 11.6 Å². The van der Waals surface area contributed by atoms with Crippen LogP contribution in [0.25, 0.3) is 5.69 Å². The van der Waals surface area contributed by atoms with Crippen molar-refractivity contribution < 1.29 is 14.2 Å². The summed E-state index contributed by atoms with van der Waals surface area (Å²) in [5.41, 5.74) is -0.128. The number of benzene rings is 1. The van der Waals surface area contributed by atoms with Crippen molar-refractivity contribution in [1.29, 1.82) is 0 Å². The number of nitro benzene ring substituents is 1. The molecule has 2 rings (SSSR count). The summed E-state index contributed by atoms with van der Waals surface area (Å²) < 4.78 is 4.25. The Morgan fingerprint density at radius 1 is 1.56 bits per heavy atom. The zero-order valence-electron chi connectivity index (χ0n) is 7.58. The van der Waals surface area contributed by atoms with Crippen LogP contribution in [-0.4, -0.2) is 15.3 Å². The Morgan fingerprint density at radius 3 is 2.88 bits per heavy atom. The summed E-state index contributed by atoms with van der Waals surface area (Å²) in [5, 5.41) is 16.0. The molecule has 2 aromatic rings. The first-order valence-corrected chi connectivity index (χ1v) is 4.39. The fourth-order valence-electron chi connectivity index (χ4n) is 1.12. The molecule has 1 aromatic carbocycles. The van der Waals surface area contributed by atoms with Gasteiger partial charge in [-0.3, -0.25) is 10.1 Å². The lowest BCUT2D eigenvalue weighted by Crippen LogP contribution is -2.37. The monoisotopic (exact) mass is 243 g/mol. The standard InChI is InChI=1S/C7H3ClN4O4/c8-6-4(11-9-7(13)16-10-11)2-1-3-5(6)12(14)15/h1-3H/p+1. The van der Waals surface area contributed by atoms with Crippen molar-refractivity contribution in [1.82, 2.24) is 10.4 Å². The van der Waals surface area contributed by atoms with Crippen LogP contribution in [0.1, 0.15) is 0 Å². The van der Waals surface area contributed by atoms with Crippen molar-refractivity contribution in [3.8, 4) is 5.69 Å². The van der Waals surface area contributed by atoms with Crippen molar-refractivity contribution in [2.75, 3.05) is 0 Å². The Bertz CT molecular complexity index is 604. The highest BCUT2D eigenvalue weighted by Gasteiger charge is 2.25. The maximum Gasteiger partial charge on any atom is 0.493 e. The zero-order chi connectivity index (χ0) is 11.7. The first kappa shape index (κ1) is 10.3. The van der Waals surface area contributed by atoms with Gasteiger partial charge < -0.3 is 0 Å². The van der Waals surface area contributed by atoms with E-state index < -0.39 is 10.7 Å². The van der Waals surface area contributed by atoms with Crippen LogP contribution in [-0.2, 0) is 0 Å². The second-order valence-corrected chi connectivity index (χ2v) is 3.13. The van der Waals surface area contributed by atoms with E-state index >= 15 is 0 Å². The largest absolute Gasteiger partial charge is 0.493 e. The maximum absolute atomic E-state index is 10.7. The molecule has 0 radical (unpaired) electrons. The molecule has 1 N–H and O–H groups in total. The first-order chi connectivity index (χ1) is 7.59. The number of nitrogens with one attached hydrogen (secondary N) is 1. The average molecular weight is 244 g/mol. The topological polar surface area (TPSA) is 106 Å². The summed E-state index contributed by atoms with van der Waals surface area (Å²) in [5.74, 6) is -0.789. The first-order valence-electron chi connectivity index (χ1n) is 4.01. The number of hydrogen-bond donors (Lipinski definition) is 1. The van der Waals surface area contributed by atoms with Gasteiger partial charge in [0.1, 0.15) is 0 Å². The van der Waals surface area contributed by atoms with Gasteiger partial charge in [-0.15, -0.1) is 0 Å². The molecule has 9 heteroatoms. The molecular formula is C7H4ClN4O4+. The van der Waals surface area contributed by atoms with E-state index in [-0.39, 0.29) is 16.4 Å². The molecule has 8 nitrogen and oxygen atoms in total.